The predicted octanol–water partition coefficient (Wildman–Crippen LogP) is 2.66. The van der Waals surface area contributed by atoms with Gasteiger partial charge in [-0.2, -0.15) is 13.2 Å². The van der Waals surface area contributed by atoms with Gasteiger partial charge in [0.05, 0.1) is 6.54 Å². The summed E-state index contributed by atoms with van der Waals surface area (Å²) in [4.78, 5) is 12.6. The minimum absolute atomic E-state index is 0.0589. The third-order valence-electron chi connectivity index (χ3n) is 3.62. The number of hydrogen-bond acceptors (Lipinski definition) is 3. The Labute approximate surface area is 124 Å². The maximum Gasteiger partial charge on any atom is 0.420 e. The Balaban J connectivity index is 1.91. The fourth-order valence-corrected chi connectivity index (χ4v) is 2.19. The molecule has 4 nitrogen and oxygen atoms in total. The molecule has 1 heterocycles. The molecule has 1 aliphatic rings. The van der Waals surface area contributed by atoms with Crippen LogP contribution in [-0.4, -0.2) is 47.1 Å². The van der Waals surface area contributed by atoms with Gasteiger partial charge in [-0.05, 0) is 5.56 Å². The third kappa shape index (κ3) is 3.32. The van der Waals surface area contributed by atoms with E-state index in [-0.39, 0.29) is 6.61 Å². The van der Waals surface area contributed by atoms with Crippen LogP contribution in [0.2, 0.25) is 0 Å². The van der Waals surface area contributed by atoms with Crippen molar-refractivity contribution in [2.24, 2.45) is 0 Å². The smallest absolute Gasteiger partial charge is 0.420 e. The lowest BCUT2D eigenvalue weighted by atomic mass is 9.89. The number of nitrogens with zero attached hydrogens (tertiary/aromatic N) is 1. The molecule has 0 saturated carbocycles. The van der Waals surface area contributed by atoms with Crippen LogP contribution in [-0.2, 0) is 11.3 Å². The molecule has 1 aromatic rings. The Morgan fingerprint density at radius 3 is 2.55 bits per heavy atom. The van der Waals surface area contributed by atoms with Crippen molar-refractivity contribution in [1.29, 1.82) is 0 Å². The van der Waals surface area contributed by atoms with Gasteiger partial charge in [0.25, 0.3) is 0 Å². The molecule has 0 bridgehead atoms. The van der Waals surface area contributed by atoms with E-state index in [4.69, 9.17) is 4.74 Å². The zero-order valence-electron chi connectivity index (χ0n) is 11.5. The first kappa shape index (κ1) is 16.5. The molecule has 1 saturated heterocycles. The second-order valence-corrected chi connectivity index (χ2v) is 5.13. The van der Waals surface area contributed by atoms with Gasteiger partial charge in [-0.15, -0.1) is 0 Å². The van der Waals surface area contributed by atoms with Crippen molar-refractivity contribution < 1.29 is 32.2 Å². The highest BCUT2D eigenvalue weighted by Crippen LogP contribution is 2.40. The van der Waals surface area contributed by atoms with Crippen LogP contribution < -0.4 is 0 Å². The van der Waals surface area contributed by atoms with Gasteiger partial charge in [-0.3, -0.25) is 0 Å². The summed E-state index contributed by atoms with van der Waals surface area (Å²) in [6.45, 7) is -1.34. The van der Waals surface area contributed by atoms with Gasteiger partial charge < -0.3 is 14.7 Å². The topological polar surface area (TPSA) is 49.8 Å². The Morgan fingerprint density at radius 2 is 2.00 bits per heavy atom. The lowest BCUT2D eigenvalue weighted by Crippen LogP contribution is -2.62. The minimum atomic E-state index is -5.08. The summed E-state index contributed by atoms with van der Waals surface area (Å²) in [7, 11) is 0. The molecular weight excluding hydrogens is 306 g/mol. The number of rotatable bonds is 2. The number of hydrogen-bond donors (Lipinski definition) is 1. The van der Waals surface area contributed by atoms with Crippen molar-refractivity contribution in [3.05, 3.63) is 35.9 Å². The molecule has 22 heavy (non-hydrogen) atoms. The third-order valence-corrected chi connectivity index (χ3v) is 3.62. The molecule has 1 aromatic carbocycles. The van der Waals surface area contributed by atoms with Crippen molar-refractivity contribution >= 4 is 6.09 Å². The van der Waals surface area contributed by atoms with Gasteiger partial charge >= 0.3 is 12.3 Å². The number of benzene rings is 1. The lowest BCUT2D eigenvalue weighted by Gasteiger charge is -2.40. The number of likely N-dealkylation sites (tertiary alicyclic amines) is 1. The number of alkyl halides is 4. The molecular formula is C14H15F4NO3. The van der Waals surface area contributed by atoms with Crippen LogP contribution in [0.15, 0.2) is 30.3 Å². The van der Waals surface area contributed by atoms with Gasteiger partial charge in [-0.1, -0.05) is 30.3 Å². The van der Waals surface area contributed by atoms with Crippen molar-refractivity contribution in [3.63, 3.8) is 0 Å². The van der Waals surface area contributed by atoms with Crippen LogP contribution in [0.5, 0.6) is 0 Å². The number of amides is 1. The molecule has 0 radical (unpaired) electrons. The first-order chi connectivity index (χ1) is 10.2. The molecule has 2 atom stereocenters. The monoisotopic (exact) mass is 321 g/mol. The fourth-order valence-electron chi connectivity index (χ4n) is 2.19. The molecule has 0 spiro atoms. The number of carbonyl (C=O) groups is 1. The van der Waals surface area contributed by atoms with Gasteiger partial charge in [0.15, 0.2) is 11.8 Å². The second kappa shape index (κ2) is 6.12. The zero-order valence-corrected chi connectivity index (χ0v) is 11.5. The molecule has 1 fully saturated rings. The number of piperidine rings is 1. The maximum atomic E-state index is 13.7. The Hall–Kier alpha value is -1.83. The zero-order chi connectivity index (χ0) is 16.4. The van der Waals surface area contributed by atoms with Gasteiger partial charge in [0, 0.05) is 13.0 Å². The van der Waals surface area contributed by atoms with E-state index >= 15 is 0 Å². The second-order valence-electron chi connectivity index (χ2n) is 5.13. The molecule has 0 unspecified atom stereocenters. The van der Waals surface area contributed by atoms with E-state index in [1.807, 2.05) is 0 Å². The van der Waals surface area contributed by atoms with Crippen molar-refractivity contribution in [2.45, 2.75) is 31.0 Å². The van der Waals surface area contributed by atoms with Crippen molar-refractivity contribution in [2.75, 3.05) is 13.1 Å². The van der Waals surface area contributed by atoms with Crippen LogP contribution in [0, 0.1) is 0 Å². The quantitative estimate of drug-likeness (QED) is 0.852. The van der Waals surface area contributed by atoms with E-state index in [1.165, 1.54) is 0 Å². The standard InChI is InChI=1S/C14H15F4NO3/c15-11-8-19(7-6-13(11,21)14(16,17)18)12(20)22-9-10-4-2-1-3-5-10/h1-5,11,21H,6-9H2/t11-,13+/m0/s1. The van der Waals surface area contributed by atoms with Crippen molar-refractivity contribution in [1.82, 2.24) is 4.90 Å². The average Bonchev–Trinajstić information content (AvgIpc) is 2.47. The summed E-state index contributed by atoms with van der Waals surface area (Å²) in [5.74, 6) is 0. The van der Waals surface area contributed by atoms with Crippen molar-refractivity contribution in [3.8, 4) is 0 Å². The van der Waals surface area contributed by atoms with E-state index in [0.717, 1.165) is 4.90 Å². The van der Waals surface area contributed by atoms with Gasteiger partial charge in [0.1, 0.15) is 6.61 Å². The predicted molar refractivity (Wildman–Crippen MR) is 68.7 cm³/mol. The van der Waals surface area contributed by atoms with Crippen LogP contribution in [0.3, 0.4) is 0 Å². The van der Waals surface area contributed by atoms with Crippen LogP contribution >= 0.6 is 0 Å². The summed E-state index contributed by atoms with van der Waals surface area (Å²) in [6, 6.07) is 8.69. The van der Waals surface area contributed by atoms with Crippen LogP contribution in [0.1, 0.15) is 12.0 Å². The minimum Gasteiger partial charge on any atom is -0.445 e. The Morgan fingerprint density at radius 1 is 1.36 bits per heavy atom. The lowest BCUT2D eigenvalue weighted by molar-refractivity contribution is -0.291. The van der Waals surface area contributed by atoms with Gasteiger partial charge in [0.2, 0.25) is 0 Å². The van der Waals surface area contributed by atoms with Crippen LogP contribution in [0.25, 0.3) is 0 Å². The summed E-state index contributed by atoms with van der Waals surface area (Å²) in [6.07, 6.45) is -9.51. The highest BCUT2D eigenvalue weighted by Gasteiger charge is 2.61. The highest BCUT2D eigenvalue weighted by atomic mass is 19.4. The molecule has 2 rings (SSSR count). The first-order valence-corrected chi connectivity index (χ1v) is 6.63. The molecule has 1 aliphatic heterocycles. The van der Waals surface area contributed by atoms with E-state index in [1.54, 1.807) is 30.3 Å². The summed E-state index contributed by atoms with van der Waals surface area (Å²) >= 11 is 0. The number of ether oxygens (including phenoxy) is 1. The normalized spacial score (nSPS) is 25.9. The molecule has 1 amide bonds. The van der Waals surface area contributed by atoms with E-state index in [0.29, 0.717) is 5.56 Å². The molecule has 8 heteroatoms. The molecule has 122 valence electrons. The molecule has 1 N–H and O–H groups in total. The van der Waals surface area contributed by atoms with E-state index in [9.17, 15) is 27.5 Å². The number of carbonyl (C=O) groups excluding carboxylic acids is 1. The van der Waals surface area contributed by atoms with E-state index < -0.39 is 43.6 Å². The maximum absolute atomic E-state index is 13.7. The molecule has 0 aromatic heterocycles. The molecule has 0 aliphatic carbocycles. The SMILES string of the molecule is O=C(OCc1ccccc1)N1CC[C@](O)(C(F)(F)F)[C@@H](F)C1. The summed E-state index contributed by atoms with van der Waals surface area (Å²) in [5, 5.41) is 9.40. The first-order valence-electron chi connectivity index (χ1n) is 6.63. The largest absolute Gasteiger partial charge is 0.445 e. The highest BCUT2D eigenvalue weighted by molar-refractivity contribution is 5.68. The summed E-state index contributed by atoms with van der Waals surface area (Å²) < 4.78 is 56.6. The van der Waals surface area contributed by atoms with E-state index in [2.05, 4.69) is 0 Å². The van der Waals surface area contributed by atoms with Crippen LogP contribution in [0.4, 0.5) is 22.4 Å². The average molecular weight is 321 g/mol. The fraction of sp³-hybridized carbons (Fsp3) is 0.500. The summed E-state index contributed by atoms with van der Waals surface area (Å²) in [5.41, 5.74) is -2.71. The van der Waals surface area contributed by atoms with Gasteiger partial charge in [-0.25, -0.2) is 9.18 Å². The Kier molecular flexibility index (Phi) is 4.60. The Bertz CT molecular complexity index is 523. The number of aliphatic hydroxyl groups is 1. The number of halogens is 4.